The summed E-state index contributed by atoms with van der Waals surface area (Å²) in [6, 6.07) is 13.1. The Hall–Kier alpha value is -1.92. The topological polar surface area (TPSA) is 62.3 Å². The van der Waals surface area contributed by atoms with Crippen molar-refractivity contribution in [3.05, 3.63) is 54.9 Å². The lowest BCUT2D eigenvalue weighted by molar-refractivity contribution is 0.578. The van der Waals surface area contributed by atoms with Crippen molar-refractivity contribution in [2.75, 3.05) is 25.0 Å². The Kier molecular flexibility index (Phi) is 5.30. The average Bonchev–Trinajstić information content (AvgIpc) is 2.53. The van der Waals surface area contributed by atoms with Crippen molar-refractivity contribution in [2.24, 2.45) is 0 Å². The highest BCUT2D eigenvalue weighted by molar-refractivity contribution is 7.89. The third-order valence-corrected chi connectivity index (χ3v) is 4.55. The summed E-state index contributed by atoms with van der Waals surface area (Å²) in [4.78, 5) is 6.11. The van der Waals surface area contributed by atoms with Crippen LogP contribution in [0, 0.1) is 0 Å². The highest BCUT2D eigenvalue weighted by Gasteiger charge is 2.12. The van der Waals surface area contributed by atoms with Crippen LogP contribution in [0.25, 0.3) is 0 Å². The van der Waals surface area contributed by atoms with Gasteiger partial charge in [0.1, 0.15) is 4.90 Å². The van der Waals surface area contributed by atoms with Gasteiger partial charge in [-0.15, -0.1) is 0 Å². The third-order valence-electron chi connectivity index (χ3n) is 3.10. The van der Waals surface area contributed by atoms with Crippen LogP contribution in [0.4, 0.5) is 5.69 Å². The Balaban J connectivity index is 1.80. The molecule has 0 aliphatic rings. The van der Waals surface area contributed by atoms with E-state index in [1.807, 2.05) is 37.4 Å². The number of nitrogens with one attached hydrogen (secondary N) is 1. The molecule has 0 amide bonds. The first kappa shape index (κ1) is 15.5. The molecular weight excluding hydrogens is 286 g/mol. The van der Waals surface area contributed by atoms with Crippen LogP contribution in [-0.4, -0.2) is 33.5 Å². The van der Waals surface area contributed by atoms with Gasteiger partial charge in [-0.25, -0.2) is 13.1 Å². The van der Waals surface area contributed by atoms with E-state index in [-0.39, 0.29) is 4.90 Å². The minimum Gasteiger partial charge on any atom is -0.375 e. The first-order valence-electron chi connectivity index (χ1n) is 6.75. The van der Waals surface area contributed by atoms with Crippen LogP contribution in [0.1, 0.15) is 6.42 Å². The van der Waals surface area contributed by atoms with Gasteiger partial charge in [-0.05, 0) is 30.7 Å². The number of anilines is 1. The SMILES string of the molecule is CN(CCCNS(=O)(=O)c1cccnc1)c1ccccc1. The Labute approximate surface area is 125 Å². The van der Waals surface area contributed by atoms with E-state index in [0.29, 0.717) is 6.54 Å². The minimum atomic E-state index is -3.45. The summed E-state index contributed by atoms with van der Waals surface area (Å²) in [7, 11) is -1.46. The predicted molar refractivity (Wildman–Crippen MR) is 83.8 cm³/mol. The quantitative estimate of drug-likeness (QED) is 0.794. The van der Waals surface area contributed by atoms with Crippen LogP contribution in [-0.2, 0) is 10.0 Å². The van der Waals surface area contributed by atoms with Gasteiger partial charge in [0, 0.05) is 38.2 Å². The summed E-state index contributed by atoms with van der Waals surface area (Å²) in [6.07, 6.45) is 3.62. The van der Waals surface area contributed by atoms with Crippen molar-refractivity contribution >= 4 is 15.7 Å². The average molecular weight is 305 g/mol. The number of benzene rings is 1. The van der Waals surface area contributed by atoms with E-state index in [1.54, 1.807) is 12.3 Å². The summed E-state index contributed by atoms with van der Waals surface area (Å²) < 4.78 is 26.6. The second-order valence-corrected chi connectivity index (χ2v) is 6.46. The van der Waals surface area contributed by atoms with E-state index < -0.39 is 10.0 Å². The van der Waals surface area contributed by atoms with Gasteiger partial charge in [-0.3, -0.25) is 4.98 Å². The maximum Gasteiger partial charge on any atom is 0.242 e. The molecule has 0 atom stereocenters. The van der Waals surface area contributed by atoms with Gasteiger partial charge in [0.2, 0.25) is 10.0 Å². The fourth-order valence-electron chi connectivity index (χ4n) is 1.92. The van der Waals surface area contributed by atoms with Gasteiger partial charge in [-0.1, -0.05) is 18.2 Å². The molecule has 21 heavy (non-hydrogen) atoms. The molecule has 2 aromatic rings. The van der Waals surface area contributed by atoms with Crippen LogP contribution in [0.2, 0.25) is 0 Å². The van der Waals surface area contributed by atoms with Crippen molar-refractivity contribution in [1.29, 1.82) is 0 Å². The maximum atomic E-state index is 12.0. The molecule has 6 heteroatoms. The number of nitrogens with zero attached hydrogens (tertiary/aromatic N) is 2. The van der Waals surface area contributed by atoms with E-state index in [4.69, 9.17) is 0 Å². The maximum absolute atomic E-state index is 12.0. The standard InChI is InChI=1S/C15H19N3O2S/c1-18(14-7-3-2-4-8-14)12-6-11-17-21(19,20)15-9-5-10-16-13-15/h2-5,7-10,13,17H,6,11-12H2,1H3. The molecule has 0 fully saturated rings. The lowest BCUT2D eigenvalue weighted by Crippen LogP contribution is -2.28. The molecule has 1 N–H and O–H groups in total. The lowest BCUT2D eigenvalue weighted by atomic mass is 10.3. The number of sulfonamides is 1. The van der Waals surface area contributed by atoms with Crippen molar-refractivity contribution in [1.82, 2.24) is 9.71 Å². The lowest BCUT2D eigenvalue weighted by Gasteiger charge is -2.19. The predicted octanol–water partition coefficient (Wildman–Crippen LogP) is 1.89. The first-order valence-corrected chi connectivity index (χ1v) is 8.24. The molecule has 5 nitrogen and oxygen atoms in total. The smallest absolute Gasteiger partial charge is 0.242 e. The highest BCUT2D eigenvalue weighted by atomic mass is 32.2. The Morgan fingerprint density at radius 3 is 2.57 bits per heavy atom. The molecule has 1 aromatic heterocycles. The van der Waals surface area contributed by atoms with E-state index in [2.05, 4.69) is 14.6 Å². The normalized spacial score (nSPS) is 11.3. The zero-order valence-corrected chi connectivity index (χ0v) is 12.8. The molecule has 0 aliphatic heterocycles. The number of aromatic nitrogens is 1. The van der Waals surface area contributed by atoms with Crippen LogP contribution in [0.15, 0.2) is 59.8 Å². The van der Waals surface area contributed by atoms with Crippen LogP contribution >= 0.6 is 0 Å². The van der Waals surface area contributed by atoms with Crippen LogP contribution in [0.5, 0.6) is 0 Å². The minimum absolute atomic E-state index is 0.196. The van der Waals surface area contributed by atoms with Gasteiger partial charge >= 0.3 is 0 Å². The second kappa shape index (κ2) is 7.19. The number of hydrogen-bond acceptors (Lipinski definition) is 4. The van der Waals surface area contributed by atoms with Gasteiger partial charge in [-0.2, -0.15) is 0 Å². The Bertz CT molecular complexity index is 645. The van der Waals surface area contributed by atoms with Crippen LogP contribution < -0.4 is 9.62 Å². The van der Waals surface area contributed by atoms with E-state index in [9.17, 15) is 8.42 Å². The summed E-state index contributed by atoms with van der Waals surface area (Å²) in [5.74, 6) is 0. The summed E-state index contributed by atoms with van der Waals surface area (Å²) in [6.45, 7) is 1.17. The zero-order chi connectivity index (χ0) is 15.1. The van der Waals surface area contributed by atoms with Crippen LogP contribution in [0.3, 0.4) is 0 Å². The molecule has 0 radical (unpaired) electrons. The molecule has 0 saturated heterocycles. The second-order valence-electron chi connectivity index (χ2n) is 4.70. The van der Waals surface area contributed by atoms with Crippen molar-refractivity contribution in [2.45, 2.75) is 11.3 Å². The van der Waals surface area contributed by atoms with Gasteiger partial charge in [0.05, 0.1) is 0 Å². The molecule has 2 rings (SSSR count). The number of pyridine rings is 1. The summed E-state index contributed by atoms with van der Waals surface area (Å²) in [5, 5.41) is 0. The molecule has 0 bridgehead atoms. The number of rotatable bonds is 7. The molecule has 0 aliphatic carbocycles. The summed E-state index contributed by atoms with van der Waals surface area (Å²) >= 11 is 0. The molecule has 0 spiro atoms. The Morgan fingerprint density at radius 2 is 1.90 bits per heavy atom. The molecular formula is C15H19N3O2S. The Morgan fingerprint density at radius 1 is 1.14 bits per heavy atom. The molecule has 1 aromatic carbocycles. The van der Waals surface area contributed by atoms with Crippen molar-refractivity contribution in [3.63, 3.8) is 0 Å². The fourth-order valence-corrected chi connectivity index (χ4v) is 2.96. The first-order chi connectivity index (χ1) is 10.1. The molecule has 112 valence electrons. The fraction of sp³-hybridized carbons (Fsp3) is 0.267. The largest absolute Gasteiger partial charge is 0.375 e. The zero-order valence-electron chi connectivity index (χ0n) is 11.9. The molecule has 1 heterocycles. The van der Waals surface area contributed by atoms with Crippen molar-refractivity contribution < 1.29 is 8.42 Å². The van der Waals surface area contributed by atoms with E-state index >= 15 is 0 Å². The van der Waals surface area contributed by atoms with E-state index in [0.717, 1.165) is 18.7 Å². The molecule has 0 unspecified atom stereocenters. The summed E-state index contributed by atoms with van der Waals surface area (Å²) in [5.41, 5.74) is 1.12. The highest BCUT2D eigenvalue weighted by Crippen LogP contribution is 2.11. The van der Waals surface area contributed by atoms with Crippen molar-refractivity contribution in [3.8, 4) is 0 Å². The van der Waals surface area contributed by atoms with Gasteiger partial charge in [0.25, 0.3) is 0 Å². The van der Waals surface area contributed by atoms with E-state index in [1.165, 1.54) is 12.3 Å². The third kappa shape index (κ3) is 4.54. The monoisotopic (exact) mass is 305 g/mol. The molecule has 0 saturated carbocycles. The number of hydrogen-bond donors (Lipinski definition) is 1. The number of para-hydroxylation sites is 1. The van der Waals surface area contributed by atoms with Gasteiger partial charge in [0.15, 0.2) is 0 Å². The van der Waals surface area contributed by atoms with Gasteiger partial charge < -0.3 is 4.90 Å².